The molecule has 0 fully saturated rings. The normalized spacial score (nSPS) is 13.9. The van der Waals surface area contributed by atoms with E-state index in [9.17, 15) is 43.2 Å². The van der Waals surface area contributed by atoms with Crippen LogP contribution in [0.15, 0.2) is 0 Å². The van der Waals surface area contributed by atoms with Crippen molar-refractivity contribution in [3.8, 4) is 0 Å². The molecule has 0 bridgehead atoms. The second kappa shape index (κ2) is 70.1. The Hall–Kier alpha value is -1.94. The predicted molar refractivity (Wildman–Crippen MR) is 391 cm³/mol. The Labute approximate surface area is 588 Å². The highest BCUT2D eigenvalue weighted by Gasteiger charge is 2.30. The molecule has 0 spiro atoms. The van der Waals surface area contributed by atoms with Crippen LogP contribution in [-0.4, -0.2) is 96.7 Å². The van der Waals surface area contributed by atoms with E-state index in [1.165, 1.54) is 225 Å². The highest BCUT2D eigenvalue weighted by atomic mass is 31.2. The van der Waals surface area contributed by atoms with Crippen LogP contribution < -0.4 is 0 Å². The molecule has 2 unspecified atom stereocenters. The molecule has 0 aliphatic rings. The number of aliphatic hydroxyl groups is 1. The lowest BCUT2D eigenvalue weighted by molar-refractivity contribution is -0.161. The van der Waals surface area contributed by atoms with Crippen molar-refractivity contribution in [1.29, 1.82) is 0 Å². The fourth-order valence-electron chi connectivity index (χ4n) is 11.9. The molecule has 0 saturated heterocycles. The molecule has 0 aromatic carbocycles. The molecule has 0 aliphatic carbocycles. The van der Waals surface area contributed by atoms with Gasteiger partial charge in [-0.3, -0.25) is 37.3 Å². The van der Waals surface area contributed by atoms with Crippen LogP contribution in [0.5, 0.6) is 0 Å². The topological polar surface area (TPSA) is 237 Å². The standard InChI is InChI=1S/C77H150O17P2/c1-6-9-12-15-18-21-24-26-28-30-31-32-34-36-39-42-47-53-58-63-77(82)93-72(66-87-74(79)60-55-50-45-40-38-35-33-29-27-25-22-19-16-13-10-7-2)68-91-95(83,84)89-64-71(78)65-90-96(85,86)92-69-73(67-88-75(80)61-56-51-48-43-44-49-54-59-70(4)5)94-76(81)62-57-52-46-41-37-23-20-17-14-11-8-3/h70-73,78H,6-69H2,1-5H3,(H,83,84)(H,85,86)/t71-,72-,73-/m1/s1. The summed E-state index contributed by atoms with van der Waals surface area (Å²) in [7, 11) is -9.91. The molecule has 19 heteroatoms. The largest absolute Gasteiger partial charge is 0.472 e. The number of phosphoric acid groups is 2. The van der Waals surface area contributed by atoms with Crippen LogP contribution in [0.2, 0.25) is 0 Å². The molecule has 0 heterocycles. The van der Waals surface area contributed by atoms with Crippen LogP contribution in [0.1, 0.15) is 407 Å². The van der Waals surface area contributed by atoms with Gasteiger partial charge in [-0.15, -0.1) is 0 Å². The fraction of sp³-hybridized carbons (Fsp3) is 0.948. The summed E-state index contributed by atoms with van der Waals surface area (Å²) in [5.41, 5.74) is 0. The molecule has 0 aromatic rings. The summed E-state index contributed by atoms with van der Waals surface area (Å²) < 4.78 is 68.5. The minimum atomic E-state index is -4.96. The number of unbranched alkanes of at least 4 members (excludes halogenated alkanes) is 49. The second-order valence-electron chi connectivity index (χ2n) is 28.2. The third-order valence-electron chi connectivity index (χ3n) is 18.0. The molecule has 0 aromatic heterocycles. The predicted octanol–water partition coefficient (Wildman–Crippen LogP) is 22.9. The van der Waals surface area contributed by atoms with E-state index in [4.69, 9.17) is 37.0 Å². The quantitative estimate of drug-likeness (QED) is 0.0222. The van der Waals surface area contributed by atoms with Crippen molar-refractivity contribution in [2.24, 2.45) is 5.92 Å². The first-order valence-corrected chi connectivity index (χ1v) is 43.1. The SMILES string of the molecule is CCCCCCCCCCCCCCCCCCCCCC(=O)O[C@H](COC(=O)CCCCCCCCCCCCCCCCCC)COP(=O)(O)OC[C@@H](O)COP(=O)(O)OC[C@@H](COC(=O)CCCCCCCCCC(C)C)OC(=O)CCCCCCCCCCCCC. The minimum Gasteiger partial charge on any atom is -0.462 e. The van der Waals surface area contributed by atoms with Crippen molar-refractivity contribution in [3.63, 3.8) is 0 Å². The molecule has 0 saturated carbocycles. The highest BCUT2D eigenvalue weighted by Crippen LogP contribution is 2.45. The maximum atomic E-state index is 13.1. The number of rotatable bonds is 77. The third kappa shape index (κ3) is 70.5. The number of hydrogen-bond acceptors (Lipinski definition) is 15. The van der Waals surface area contributed by atoms with Gasteiger partial charge in [0.15, 0.2) is 12.2 Å². The molecule has 0 radical (unpaired) electrons. The van der Waals surface area contributed by atoms with Crippen molar-refractivity contribution in [2.75, 3.05) is 39.6 Å². The Balaban J connectivity index is 5.22. The number of phosphoric ester groups is 2. The number of carbonyl (C=O) groups is 4. The van der Waals surface area contributed by atoms with Crippen molar-refractivity contribution >= 4 is 39.5 Å². The summed E-state index contributed by atoms with van der Waals surface area (Å²) in [6, 6.07) is 0. The number of esters is 4. The van der Waals surface area contributed by atoms with Gasteiger partial charge in [0.25, 0.3) is 0 Å². The highest BCUT2D eigenvalue weighted by molar-refractivity contribution is 7.47. The van der Waals surface area contributed by atoms with E-state index in [0.717, 1.165) is 96.3 Å². The molecular weight excluding hydrogens is 1260 g/mol. The first-order valence-electron chi connectivity index (χ1n) is 40.1. The van der Waals surface area contributed by atoms with E-state index in [1.807, 2.05) is 0 Å². The van der Waals surface area contributed by atoms with Crippen LogP contribution >= 0.6 is 15.6 Å². The molecule has 96 heavy (non-hydrogen) atoms. The number of ether oxygens (including phenoxy) is 4. The van der Waals surface area contributed by atoms with E-state index < -0.39 is 97.5 Å². The van der Waals surface area contributed by atoms with E-state index in [1.54, 1.807) is 0 Å². The third-order valence-corrected chi connectivity index (χ3v) is 19.9. The minimum absolute atomic E-state index is 0.107. The molecular formula is C77H150O17P2. The van der Waals surface area contributed by atoms with Crippen LogP contribution in [0.25, 0.3) is 0 Å². The fourth-order valence-corrected chi connectivity index (χ4v) is 13.5. The van der Waals surface area contributed by atoms with E-state index in [-0.39, 0.29) is 25.7 Å². The zero-order valence-electron chi connectivity index (χ0n) is 62.5. The van der Waals surface area contributed by atoms with E-state index in [2.05, 4.69) is 34.6 Å². The first-order chi connectivity index (χ1) is 46.5. The van der Waals surface area contributed by atoms with Gasteiger partial charge in [-0.25, -0.2) is 9.13 Å². The van der Waals surface area contributed by atoms with Crippen molar-refractivity contribution in [1.82, 2.24) is 0 Å². The maximum absolute atomic E-state index is 13.1. The monoisotopic (exact) mass is 1410 g/mol. The molecule has 570 valence electrons. The summed E-state index contributed by atoms with van der Waals surface area (Å²) in [5.74, 6) is -1.41. The summed E-state index contributed by atoms with van der Waals surface area (Å²) in [4.78, 5) is 72.8. The summed E-state index contributed by atoms with van der Waals surface area (Å²) >= 11 is 0. The second-order valence-corrected chi connectivity index (χ2v) is 31.1. The Morgan fingerprint density at radius 1 is 0.281 bits per heavy atom. The van der Waals surface area contributed by atoms with Crippen molar-refractivity contribution in [3.05, 3.63) is 0 Å². The van der Waals surface area contributed by atoms with Gasteiger partial charge in [0.1, 0.15) is 19.3 Å². The van der Waals surface area contributed by atoms with Gasteiger partial charge < -0.3 is 33.8 Å². The Morgan fingerprint density at radius 2 is 0.479 bits per heavy atom. The van der Waals surface area contributed by atoms with E-state index >= 15 is 0 Å². The average molecular weight is 1410 g/mol. The lowest BCUT2D eigenvalue weighted by Gasteiger charge is -2.21. The van der Waals surface area contributed by atoms with Gasteiger partial charge in [0, 0.05) is 25.7 Å². The van der Waals surface area contributed by atoms with Gasteiger partial charge in [-0.2, -0.15) is 0 Å². The average Bonchev–Trinajstić information content (AvgIpc) is 2.65. The van der Waals surface area contributed by atoms with Crippen LogP contribution in [0, 0.1) is 5.92 Å². The lowest BCUT2D eigenvalue weighted by Crippen LogP contribution is -2.30. The van der Waals surface area contributed by atoms with Crippen LogP contribution in [0.3, 0.4) is 0 Å². The number of carbonyl (C=O) groups excluding carboxylic acids is 4. The van der Waals surface area contributed by atoms with Crippen LogP contribution in [0.4, 0.5) is 0 Å². The smallest absolute Gasteiger partial charge is 0.462 e. The van der Waals surface area contributed by atoms with Crippen molar-refractivity contribution < 1.29 is 80.2 Å². The van der Waals surface area contributed by atoms with Gasteiger partial charge in [-0.05, 0) is 31.6 Å². The lowest BCUT2D eigenvalue weighted by atomic mass is 10.0. The van der Waals surface area contributed by atoms with Gasteiger partial charge >= 0.3 is 39.5 Å². The first kappa shape index (κ1) is 94.1. The number of hydrogen-bond donors (Lipinski definition) is 3. The van der Waals surface area contributed by atoms with E-state index in [0.29, 0.717) is 31.6 Å². The summed E-state index contributed by atoms with van der Waals surface area (Å²) in [6.45, 7) is 7.24. The summed E-state index contributed by atoms with van der Waals surface area (Å²) in [5, 5.41) is 10.6. The maximum Gasteiger partial charge on any atom is 0.472 e. The Kier molecular flexibility index (Phi) is 68.7. The van der Waals surface area contributed by atoms with Gasteiger partial charge in [-0.1, -0.05) is 356 Å². The summed E-state index contributed by atoms with van der Waals surface area (Å²) in [6.07, 6.45) is 59.7. The Bertz CT molecular complexity index is 1840. The van der Waals surface area contributed by atoms with Gasteiger partial charge in [0.05, 0.1) is 26.4 Å². The van der Waals surface area contributed by atoms with Gasteiger partial charge in [0.2, 0.25) is 0 Å². The number of aliphatic hydroxyl groups excluding tert-OH is 1. The molecule has 0 amide bonds. The molecule has 17 nitrogen and oxygen atoms in total. The zero-order chi connectivity index (χ0) is 70.5. The Morgan fingerprint density at radius 3 is 0.708 bits per heavy atom. The molecule has 5 atom stereocenters. The van der Waals surface area contributed by atoms with Crippen LogP contribution in [-0.2, 0) is 65.4 Å². The zero-order valence-corrected chi connectivity index (χ0v) is 64.3. The molecule has 0 aliphatic heterocycles. The molecule has 0 rings (SSSR count). The molecule has 3 N–H and O–H groups in total. The van der Waals surface area contributed by atoms with Crippen molar-refractivity contribution in [2.45, 2.75) is 425 Å².